The van der Waals surface area contributed by atoms with Gasteiger partial charge in [0.15, 0.2) is 5.65 Å². The maximum absolute atomic E-state index is 13.0. The van der Waals surface area contributed by atoms with Gasteiger partial charge in [0.1, 0.15) is 0 Å². The van der Waals surface area contributed by atoms with E-state index in [4.69, 9.17) is 0 Å². The minimum Gasteiger partial charge on any atom is -0.348 e. The average Bonchev–Trinajstić information content (AvgIpc) is 3.18. The van der Waals surface area contributed by atoms with Crippen LogP contribution in [0.1, 0.15) is 52.6 Å². The van der Waals surface area contributed by atoms with E-state index >= 15 is 0 Å². The zero-order chi connectivity index (χ0) is 22.0. The number of nitrogens with zero attached hydrogens (tertiary/aromatic N) is 3. The van der Waals surface area contributed by atoms with Crippen molar-refractivity contribution in [2.75, 3.05) is 0 Å². The number of carbonyl (C=O) groups is 1. The molecule has 2 N–H and O–H groups in total. The lowest BCUT2D eigenvalue weighted by atomic mass is 10.0. The van der Waals surface area contributed by atoms with Crippen LogP contribution >= 0.6 is 0 Å². The molecule has 4 rings (SSSR count). The Morgan fingerprint density at radius 1 is 1.19 bits per heavy atom. The number of nitrogens with one attached hydrogen (secondary N) is 2. The highest BCUT2D eigenvalue weighted by Gasteiger charge is 2.17. The van der Waals surface area contributed by atoms with Crippen molar-refractivity contribution in [1.29, 1.82) is 0 Å². The maximum Gasteiger partial charge on any atom is 0.253 e. The Labute approximate surface area is 180 Å². The van der Waals surface area contributed by atoms with Gasteiger partial charge in [-0.1, -0.05) is 30.3 Å². The molecule has 0 atom stereocenters. The van der Waals surface area contributed by atoms with Gasteiger partial charge in [0.2, 0.25) is 0 Å². The number of aryl methyl sites for hydroxylation is 1. The van der Waals surface area contributed by atoms with Crippen LogP contribution in [0.4, 0.5) is 0 Å². The van der Waals surface area contributed by atoms with Gasteiger partial charge in [-0.25, -0.2) is 9.67 Å². The number of rotatable bonds is 6. The highest BCUT2D eigenvalue weighted by Crippen LogP contribution is 2.19. The molecule has 0 saturated heterocycles. The number of benzene rings is 1. The summed E-state index contributed by atoms with van der Waals surface area (Å²) in [6.07, 6.45) is 3.89. The molecule has 158 valence electrons. The Hall–Kier alpha value is -3.74. The van der Waals surface area contributed by atoms with Crippen molar-refractivity contribution < 1.29 is 4.79 Å². The first-order valence-electron chi connectivity index (χ1n) is 10.3. The highest BCUT2D eigenvalue weighted by atomic mass is 16.1. The van der Waals surface area contributed by atoms with E-state index in [1.165, 1.54) is 0 Å². The number of aromatic amines is 1. The summed E-state index contributed by atoms with van der Waals surface area (Å²) in [5.74, 6) is -0.263. The topological polar surface area (TPSA) is 92.7 Å². The number of H-pyrrole nitrogens is 1. The molecule has 1 amide bonds. The number of carbonyl (C=O) groups excluding carboxylic acids is 1. The van der Waals surface area contributed by atoms with E-state index in [2.05, 4.69) is 20.4 Å². The second-order valence-electron chi connectivity index (χ2n) is 7.91. The van der Waals surface area contributed by atoms with Gasteiger partial charge >= 0.3 is 0 Å². The largest absolute Gasteiger partial charge is 0.348 e. The Morgan fingerprint density at radius 3 is 2.71 bits per heavy atom. The number of fused-ring (bicyclic) bond motifs is 1. The first-order chi connectivity index (χ1) is 14.9. The molecule has 4 aromatic rings. The van der Waals surface area contributed by atoms with Gasteiger partial charge in [0.05, 0.1) is 17.1 Å². The van der Waals surface area contributed by atoms with E-state index < -0.39 is 0 Å². The van der Waals surface area contributed by atoms with Gasteiger partial charge in [-0.15, -0.1) is 0 Å². The van der Waals surface area contributed by atoms with E-state index in [1.807, 2.05) is 57.2 Å². The molecule has 3 aromatic heterocycles. The Balaban J connectivity index is 1.60. The lowest BCUT2D eigenvalue weighted by molar-refractivity contribution is 0.0952. The molecule has 0 fully saturated rings. The molecule has 0 radical (unpaired) electrons. The monoisotopic (exact) mass is 415 g/mol. The molecule has 31 heavy (non-hydrogen) atoms. The fourth-order valence-corrected chi connectivity index (χ4v) is 3.74. The number of aromatic nitrogens is 4. The van der Waals surface area contributed by atoms with E-state index in [9.17, 15) is 9.59 Å². The summed E-state index contributed by atoms with van der Waals surface area (Å²) in [5, 5.41) is 7.96. The van der Waals surface area contributed by atoms with Gasteiger partial charge < -0.3 is 10.3 Å². The molecule has 0 aliphatic heterocycles. The van der Waals surface area contributed by atoms with E-state index in [-0.39, 0.29) is 24.1 Å². The first-order valence-corrected chi connectivity index (χ1v) is 10.3. The van der Waals surface area contributed by atoms with E-state index in [1.54, 1.807) is 23.1 Å². The zero-order valence-corrected chi connectivity index (χ0v) is 17.8. The fraction of sp³-hybridized carbons (Fsp3) is 0.250. The number of hydrogen-bond acceptors (Lipinski definition) is 4. The SMILES string of the molecule is Cc1cc(Cc2ccccc2)c(CNC(=O)c2ccnc3c2cnn3C(C)C)c(=O)[nH]1. The van der Waals surface area contributed by atoms with Crippen LogP contribution < -0.4 is 10.9 Å². The Kier molecular flexibility index (Phi) is 5.66. The Bertz CT molecular complexity index is 1290. The Morgan fingerprint density at radius 2 is 1.97 bits per heavy atom. The molecule has 0 bridgehead atoms. The third kappa shape index (κ3) is 4.26. The van der Waals surface area contributed by atoms with Crippen LogP contribution in [0.3, 0.4) is 0 Å². The van der Waals surface area contributed by atoms with Crippen molar-refractivity contribution in [2.45, 2.75) is 39.8 Å². The van der Waals surface area contributed by atoms with Crippen molar-refractivity contribution in [2.24, 2.45) is 0 Å². The summed E-state index contributed by atoms with van der Waals surface area (Å²) in [7, 11) is 0. The van der Waals surface area contributed by atoms with Gasteiger partial charge in [0.25, 0.3) is 11.5 Å². The van der Waals surface area contributed by atoms with Gasteiger partial charge in [0, 0.05) is 30.0 Å². The predicted molar refractivity (Wildman–Crippen MR) is 120 cm³/mol. The summed E-state index contributed by atoms with van der Waals surface area (Å²) >= 11 is 0. The van der Waals surface area contributed by atoms with Gasteiger partial charge in [-0.3, -0.25) is 9.59 Å². The minimum absolute atomic E-state index is 0.134. The average molecular weight is 415 g/mol. The van der Waals surface area contributed by atoms with Gasteiger partial charge in [-0.2, -0.15) is 5.10 Å². The van der Waals surface area contributed by atoms with Crippen molar-refractivity contribution in [1.82, 2.24) is 25.1 Å². The standard InChI is InChI=1S/C24H25N5O2/c1-15(2)29-22-21(14-27-29)19(9-10-25-22)23(30)26-13-20-18(11-16(3)28-24(20)31)12-17-7-5-4-6-8-17/h4-11,14-15H,12-13H2,1-3H3,(H,26,30)(H,28,31). The lowest BCUT2D eigenvalue weighted by Crippen LogP contribution is -2.28. The number of hydrogen-bond donors (Lipinski definition) is 2. The molecule has 1 aromatic carbocycles. The van der Waals surface area contributed by atoms with Crippen molar-refractivity contribution >= 4 is 16.9 Å². The normalized spacial score (nSPS) is 11.2. The molecule has 7 nitrogen and oxygen atoms in total. The van der Waals surface area contributed by atoms with E-state index in [0.29, 0.717) is 28.6 Å². The zero-order valence-electron chi connectivity index (χ0n) is 17.8. The summed E-state index contributed by atoms with van der Waals surface area (Å²) in [6.45, 7) is 6.02. The molecule has 0 aliphatic carbocycles. The second kappa shape index (κ2) is 8.55. The quantitative estimate of drug-likeness (QED) is 0.504. The third-order valence-corrected chi connectivity index (χ3v) is 5.26. The highest BCUT2D eigenvalue weighted by molar-refractivity contribution is 6.05. The summed E-state index contributed by atoms with van der Waals surface area (Å²) in [4.78, 5) is 32.8. The summed E-state index contributed by atoms with van der Waals surface area (Å²) in [6, 6.07) is 13.7. The predicted octanol–water partition coefficient (Wildman–Crippen LogP) is 3.53. The smallest absolute Gasteiger partial charge is 0.253 e. The third-order valence-electron chi connectivity index (χ3n) is 5.26. The molecule has 0 spiro atoms. The van der Waals surface area contributed by atoms with Crippen LogP contribution in [0.25, 0.3) is 11.0 Å². The molecule has 0 aliphatic rings. The summed E-state index contributed by atoms with van der Waals surface area (Å²) < 4.78 is 1.79. The molecular formula is C24H25N5O2. The molecule has 7 heteroatoms. The van der Waals surface area contributed by atoms with Crippen LogP contribution in [-0.4, -0.2) is 25.7 Å². The van der Waals surface area contributed by atoms with Gasteiger partial charge in [-0.05, 0) is 50.5 Å². The molecular weight excluding hydrogens is 390 g/mol. The maximum atomic E-state index is 13.0. The fourth-order valence-electron chi connectivity index (χ4n) is 3.74. The number of amides is 1. The van der Waals surface area contributed by atoms with Crippen molar-refractivity contribution in [3.63, 3.8) is 0 Å². The van der Waals surface area contributed by atoms with E-state index in [0.717, 1.165) is 16.8 Å². The lowest BCUT2D eigenvalue weighted by Gasteiger charge is -2.12. The van der Waals surface area contributed by atoms with Crippen LogP contribution in [0.15, 0.2) is 59.7 Å². The van der Waals surface area contributed by atoms with Crippen LogP contribution in [-0.2, 0) is 13.0 Å². The molecule has 3 heterocycles. The summed E-state index contributed by atoms with van der Waals surface area (Å²) in [5.41, 5.74) is 4.34. The van der Waals surface area contributed by atoms with Crippen molar-refractivity contribution in [3.05, 3.63) is 93.2 Å². The first kappa shape index (κ1) is 20.5. The minimum atomic E-state index is -0.263. The second-order valence-corrected chi connectivity index (χ2v) is 7.91. The van der Waals surface area contributed by atoms with Crippen LogP contribution in [0, 0.1) is 6.92 Å². The number of pyridine rings is 2. The van der Waals surface area contributed by atoms with Crippen molar-refractivity contribution in [3.8, 4) is 0 Å². The van der Waals surface area contributed by atoms with Crippen LogP contribution in [0.5, 0.6) is 0 Å². The molecule has 0 unspecified atom stereocenters. The van der Waals surface area contributed by atoms with Crippen LogP contribution in [0.2, 0.25) is 0 Å². The molecule has 0 saturated carbocycles.